The molecule has 1 fully saturated rings. The Morgan fingerprint density at radius 2 is 1.93 bits per heavy atom. The molecule has 1 aliphatic rings. The second-order valence-electron chi connectivity index (χ2n) is 3.25. The molecule has 5 heteroatoms. The Hall–Kier alpha value is -0.770. The maximum atomic E-state index is 11.8. The number of rotatable bonds is 1. The van der Waals surface area contributed by atoms with Crippen LogP contribution in [0.5, 0.6) is 0 Å². The summed E-state index contributed by atoms with van der Waals surface area (Å²) in [6, 6.07) is 4.75. The van der Waals surface area contributed by atoms with E-state index in [1.807, 2.05) is 0 Å². The molecule has 0 radical (unpaired) electrons. The fraction of sp³-hybridized carbons (Fsp3) is 0.300. The van der Waals surface area contributed by atoms with Crippen molar-refractivity contribution >= 4 is 29.1 Å². The third-order valence-electron chi connectivity index (χ3n) is 2.09. The zero-order valence-corrected chi connectivity index (χ0v) is 9.38. The monoisotopic (exact) mass is 245 g/mol. The smallest absolute Gasteiger partial charge is 0.271 e. The zero-order chi connectivity index (χ0) is 10.8. The van der Waals surface area contributed by atoms with Crippen LogP contribution in [-0.2, 0) is 4.84 Å². The molecule has 3 nitrogen and oxygen atoms in total. The van der Waals surface area contributed by atoms with E-state index in [0.717, 1.165) is 6.42 Å². The standard InChI is InChI=1S/C10H9Cl2NO2/c11-8-4-7(5-9(12)6-8)10(14)13-2-1-3-15-13/h4-6H,1-3H2. The van der Waals surface area contributed by atoms with Crippen LogP contribution in [0.3, 0.4) is 0 Å². The summed E-state index contributed by atoms with van der Waals surface area (Å²) >= 11 is 11.6. The molecule has 1 aliphatic heterocycles. The van der Waals surface area contributed by atoms with E-state index in [1.165, 1.54) is 5.06 Å². The number of carbonyl (C=O) groups excluding carboxylic acids is 1. The number of hydroxylamine groups is 2. The predicted molar refractivity (Wildman–Crippen MR) is 58.1 cm³/mol. The Balaban J connectivity index is 2.24. The molecule has 1 saturated heterocycles. The van der Waals surface area contributed by atoms with Crippen molar-refractivity contribution in [2.75, 3.05) is 13.2 Å². The molecule has 1 aromatic rings. The highest BCUT2D eigenvalue weighted by molar-refractivity contribution is 6.35. The summed E-state index contributed by atoms with van der Waals surface area (Å²) in [7, 11) is 0. The summed E-state index contributed by atoms with van der Waals surface area (Å²) in [6.07, 6.45) is 0.861. The number of halogens is 2. The van der Waals surface area contributed by atoms with Gasteiger partial charge in [0.2, 0.25) is 0 Å². The lowest BCUT2D eigenvalue weighted by molar-refractivity contribution is -0.0768. The Morgan fingerprint density at radius 1 is 1.27 bits per heavy atom. The normalized spacial score (nSPS) is 15.7. The molecule has 0 aliphatic carbocycles. The molecule has 1 heterocycles. The van der Waals surface area contributed by atoms with Crippen molar-refractivity contribution in [2.24, 2.45) is 0 Å². The zero-order valence-electron chi connectivity index (χ0n) is 7.87. The largest absolute Gasteiger partial charge is 0.277 e. The Kier molecular flexibility index (Phi) is 3.14. The van der Waals surface area contributed by atoms with Crippen LogP contribution in [0.2, 0.25) is 10.0 Å². The molecule has 0 spiro atoms. The van der Waals surface area contributed by atoms with Crippen LogP contribution in [0.4, 0.5) is 0 Å². The first kappa shape index (κ1) is 10.7. The first-order valence-corrected chi connectivity index (χ1v) is 5.33. The van der Waals surface area contributed by atoms with Crippen molar-refractivity contribution in [3.63, 3.8) is 0 Å². The summed E-state index contributed by atoms with van der Waals surface area (Å²) < 4.78 is 0. The van der Waals surface area contributed by atoms with E-state index in [4.69, 9.17) is 28.0 Å². The van der Waals surface area contributed by atoms with Gasteiger partial charge in [-0.25, -0.2) is 5.06 Å². The van der Waals surface area contributed by atoms with Crippen molar-refractivity contribution in [1.29, 1.82) is 0 Å². The Labute approximate surface area is 97.5 Å². The van der Waals surface area contributed by atoms with Gasteiger partial charge in [-0.2, -0.15) is 0 Å². The summed E-state index contributed by atoms with van der Waals surface area (Å²) in [5.74, 6) is -0.197. The highest BCUT2D eigenvalue weighted by Gasteiger charge is 2.21. The number of hydrogen-bond acceptors (Lipinski definition) is 2. The molecule has 2 rings (SSSR count). The average molecular weight is 246 g/mol. The predicted octanol–water partition coefficient (Wildman–Crippen LogP) is 2.77. The van der Waals surface area contributed by atoms with Crippen LogP contribution < -0.4 is 0 Å². The van der Waals surface area contributed by atoms with Crippen LogP contribution in [0, 0.1) is 0 Å². The molecule has 0 N–H and O–H groups in total. The van der Waals surface area contributed by atoms with Crippen LogP contribution in [0.15, 0.2) is 18.2 Å². The van der Waals surface area contributed by atoms with E-state index in [2.05, 4.69) is 0 Å². The number of benzene rings is 1. The second-order valence-corrected chi connectivity index (χ2v) is 4.13. The van der Waals surface area contributed by atoms with Crippen molar-refractivity contribution in [2.45, 2.75) is 6.42 Å². The SMILES string of the molecule is O=C(c1cc(Cl)cc(Cl)c1)N1CCCO1. The number of amides is 1. The first-order valence-electron chi connectivity index (χ1n) is 4.58. The molecule has 0 aromatic heterocycles. The van der Waals surface area contributed by atoms with Gasteiger partial charge < -0.3 is 0 Å². The topological polar surface area (TPSA) is 29.5 Å². The summed E-state index contributed by atoms with van der Waals surface area (Å²) in [5, 5.41) is 2.23. The molecular weight excluding hydrogens is 237 g/mol. The highest BCUT2D eigenvalue weighted by atomic mass is 35.5. The van der Waals surface area contributed by atoms with Gasteiger partial charge in [-0.3, -0.25) is 9.63 Å². The molecule has 0 unspecified atom stereocenters. The van der Waals surface area contributed by atoms with Gasteiger partial charge in [-0.05, 0) is 24.6 Å². The van der Waals surface area contributed by atoms with Crippen molar-refractivity contribution in [1.82, 2.24) is 5.06 Å². The van der Waals surface area contributed by atoms with Crippen LogP contribution in [0.25, 0.3) is 0 Å². The maximum absolute atomic E-state index is 11.8. The summed E-state index contributed by atoms with van der Waals surface area (Å²) in [6.45, 7) is 1.20. The van der Waals surface area contributed by atoms with E-state index in [0.29, 0.717) is 28.8 Å². The number of carbonyl (C=O) groups is 1. The summed E-state index contributed by atoms with van der Waals surface area (Å²) in [5.41, 5.74) is 0.453. The molecule has 80 valence electrons. The van der Waals surface area contributed by atoms with E-state index >= 15 is 0 Å². The molecule has 0 atom stereocenters. The summed E-state index contributed by atoms with van der Waals surface area (Å²) in [4.78, 5) is 17.0. The molecule has 0 bridgehead atoms. The molecule has 1 aromatic carbocycles. The highest BCUT2D eigenvalue weighted by Crippen LogP contribution is 2.21. The Bertz CT molecular complexity index is 369. The van der Waals surface area contributed by atoms with E-state index < -0.39 is 0 Å². The lowest BCUT2D eigenvalue weighted by Gasteiger charge is -2.13. The van der Waals surface area contributed by atoms with Crippen molar-refractivity contribution in [3.8, 4) is 0 Å². The minimum atomic E-state index is -0.197. The molecule has 1 amide bonds. The maximum Gasteiger partial charge on any atom is 0.277 e. The fourth-order valence-electron chi connectivity index (χ4n) is 1.43. The van der Waals surface area contributed by atoms with Gasteiger partial charge in [-0.15, -0.1) is 0 Å². The van der Waals surface area contributed by atoms with Gasteiger partial charge in [0.05, 0.1) is 13.2 Å². The van der Waals surface area contributed by atoms with E-state index in [-0.39, 0.29) is 5.91 Å². The van der Waals surface area contributed by atoms with Gasteiger partial charge in [0.1, 0.15) is 0 Å². The first-order chi connectivity index (χ1) is 7.16. The lowest BCUT2D eigenvalue weighted by Crippen LogP contribution is -2.26. The van der Waals surface area contributed by atoms with E-state index in [1.54, 1.807) is 18.2 Å². The Morgan fingerprint density at radius 3 is 2.47 bits per heavy atom. The van der Waals surface area contributed by atoms with Crippen LogP contribution in [-0.4, -0.2) is 24.1 Å². The minimum Gasteiger partial charge on any atom is -0.271 e. The van der Waals surface area contributed by atoms with Gasteiger partial charge in [0.25, 0.3) is 5.91 Å². The van der Waals surface area contributed by atoms with Crippen LogP contribution in [0.1, 0.15) is 16.8 Å². The van der Waals surface area contributed by atoms with Crippen molar-refractivity contribution in [3.05, 3.63) is 33.8 Å². The molecular formula is C10H9Cl2NO2. The van der Waals surface area contributed by atoms with Gasteiger partial charge in [0, 0.05) is 15.6 Å². The van der Waals surface area contributed by atoms with Gasteiger partial charge in [0.15, 0.2) is 0 Å². The van der Waals surface area contributed by atoms with Gasteiger partial charge >= 0.3 is 0 Å². The fourth-order valence-corrected chi connectivity index (χ4v) is 1.95. The quantitative estimate of drug-likeness (QED) is 0.762. The number of hydrogen-bond donors (Lipinski definition) is 0. The van der Waals surface area contributed by atoms with Crippen molar-refractivity contribution < 1.29 is 9.63 Å². The third kappa shape index (κ3) is 2.43. The molecule has 15 heavy (non-hydrogen) atoms. The minimum absolute atomic E-state index is 0.197. The lowest BCUT2D eigenvalue weighted by atomic mass is 10.2. The number of nitrogens with zero attached hydrogens (tertiary/aromatic N) is 1. The second kappa shape index (κ2) is 4.39. The van der Waals surface area contributed by atoms with Gasteiger partial charge in [-0.1, -0.05) is 23.2 Å². The molecule has 0 saturated carbocycles. The van der Waals surface area contributed by atoms with E-state index in [9.17, 15) is 4.79 Å². The average Bonchev–Trinajstić information content (AvgIpc) is 2.67. The van der Waals surface area contributed by atoms with Crippen LogP contribution >= 0.6 is 23.2 Å². The third-order valence-corrected chi connectivity index (χ3v) is 2.53.